The molecule has 9 nitrogen and oxygen atoms in total. The number of rotatable bonds is 12. The van der Waals surface area contributed by atoms with Gasteiger partial charge in [0.25, 0.3) is 17.0 Å². The predicted octanol–water partition coefficient (Wildman–Crippen LogP) is 4.47. The average molecular weight is 562 g/mol. The second kappa shape index (κ2) is 14.0. The number of thioether (sulfide) groups is 1. The highest BCUT2D eigenvalue weighted by atomic mass is 32.2. The molecule has 11 heteroatoms. The monoisotopic (exact) mass is 561 g/mol. The lowest BCUT2D eigenvalue weighted by atomic mass is 9.83. The van der Waals surface area contributed by atoms with Crippen molar-refractivity contribution in [1.82, 2.24) is 25.7 Å². The van der Waals surface area contributed by atoms with Crippen molar-refractivity contribution in [2.45, 2.75) is 88.9 Å². The molecule has 39 heavy (non-hydrogen) atoms. The Morgan fingerprint density at radius 2 is 1.85 bits per heavy atom. The molecule has 1 fully saturated rings. The van der Waals surface area contributed by atoms with Gasteiger partial charge in [0.2, 0.25) is 11.7 Å². The number of nitrogens with one attached hydrogen (secondary N) is 2. The molecule has 1 aliphatic carbocycles. The summed E-state index contributed by atoms with van der Waals surface area (Å²) < 4.78 is 19.5. The molecule has 1 saturated carbocycles. The molecule has 1 aromatic carbocycles. The number of hydrogen-bond donors (Lipinski definition) is 2. The van der Waals surface area contributed by atoms with E-state index in [4.69, 9.17) is 4.42 Å². The van der Waals surface area contributed by atoms with Gasteiger partial charge in [-0.3, -0.25) is 14.4 Å². The summed E-state index contributed by atoms with van der Waals surface area (Å²) in [4.78, 5) is 41.9. The molecule has 214 valence electrons. The lowest BCUT2D eigenvalue weighted by Gasteiger charge is -2.32. The lowest BCUT2D eigenvalue weighted by Crippen LogP contribution is -2.52. The van der Waals surface area contributed by atoms with Crippen molar-refractivity contribution in [3.8, 4) is 0 Å². The third-order valence-corrected chi connectivity index (χ3v) is 7.35. The van der Waals surface area contributed by atoms with Gasteiger partial charge in [-0.2, -0.15) is 0 Å². The fourth-order valence-electron chi connectivity index (χ4n) is 4.81. The Bertz CT molecular complexity index is 1150. The van der Waals surface area contributed by atoms with Crippen molar-refractivity contribution in [3.63, 3.8) is 0 Å². The first kappa shape index (κ1) is 30.7. The van der Waals surface area contributed by atoms with Gasteiger partial charge in [0.1, 0.15) is 5.82 Å². The van der Waals surface area contributed by atoms with Crippen LogP contribution in [0.25, 0.3) is 0 Å². The van der Waals surface area contributed by atoms with E-state index in [0.29, 0.717) is 42.2 Å². The molecule has 0 saturated heterocycles. The number of carbonyl (C=O) groups excluding carboxylic acids is 3. The van der Waals surface area contributed by atoms with Crippen molar-refractivity contribution >= 4 is 29.4 Å². The molecule has 3 rings (SSSR count). The fourth-order valence-corrected chi connectivity index (χ4v) is 5.43. The molecule has 1 aromatic heterocycles. The number of amides is 2. The maximum atomic E-state index is 13.9. The SMILES string of the molecule is CC(C)CC(NC(=O)[C@@H]1CCCC[C@@H]1NC(=O)c1ccc(F)cc1CN(C)C)C(=O)c1nnc(SC(C)C)o1. The summed E-state index contributed by atoms with van der Waals surface area (Å²) in [7, 11) is 3.70. The van der Waals surface area contributed by atoms with E-state index in [1.165, 1.54) is 30.0 Å². The van der Waals surface area contributed by atoms with Gasteiger partial charge in [0.15, 0.2) is 0 Å². The number of aromatic nitrogens is 2. The smallest absolute Gasteiger partial charge is 0.286 e. The van der Waals surface area contributed by atoms with Crippen LogP contribution in [0.1, 0.15) is 86.4 Å². The van der Waals surface area contributed by atoms with Crippen molar-refractivity contribution in [3.05, 3.63) is 41.0 Å². The van der Waals surface area contributed by atoms with E-state index >= 15 is 0 Å². The van der Waals surface area contributed by atoms with Crippen LogP contribution >= 0.6 is 11.8 Å². The number of ketones is 1. The number of hydrogen-bond acceptors (Lipinski definition) is 8. The first-order valence-electron chi connectivity index (χ1n) is 13.5. The van der Waals surface area contributed by atoms with E-state index in [1.807, 2.05) is 46.7 Å². The number of carbonyl (C=O) groups is 3. The molecule has 0 aliphatic heterocycles. The molecule has 1 heterocycles. The summed E-state index contributed by atoms with van der Waals surface area (Å²) in [6.07, 6.45) is 3.34. The van der Waals surface area contributed by atoms with Crippen LogP contribution in [0.4, 0.5) is 4.39 Å². The Morgan fingerprint density at radius 1 is 1.13 bits per heavy atom. The Kier molecular flexibility index (Phi) is 11.1. The lowest BCUT2D eigenvalue weighted by molar-refractivity contribution is -0.127. The molecular formula is C28H40FN5O4S. The third-order valence-electron chi connectivity index (χ3n) is 6.51. The molecule has 2 N–H and O–H groups in total. The normalized spacial score (nSPS) is 18.4. The Balaban J connectivity index is 1.75. The number of halogens is 1. The highest BCUT2D eigenvalue weighted by Crippen LogP contribution is 2.27. The van der Waals surface area contributed by atoms with Crippen LogP contribution in [-0.2, 0) is 11.3 Å². The first-order valence-corrected chi connectivity index (χ1v) is 14.4. The van der Waals surface area contributed by atoms with Gasteiger partial charge in [-0.05, 0) is 63.0 Å². The quantitative estimate of drug-likeness (QED) is 0.288. The minimum absolute atomic E-state index is 0.123. The second-order valence-electron chi connectivity index (χ2n) is 11.1. The maximum Gasteiger partial charge on any atom is 0.286 e. The molecule has 0 radical (unpaired) electrons. The molecule has 0 bridgehead atoms. The van der Waals surface area contributed by atoms with Crippen LogP contribution in [-0.4, -0.2) is 64.1 Å². The predicted molar refractivity (Wildman–Crippen MR) is 148 cm³/mol. The van der Waals surface area contributed by atoms with Crippen LogP contribution < -0.4 is 10.6 Å². The highest BCUT2D eigenvalue weighted by molar-refractivity contribution is 7.99. The summed E-state index contributed by atoms with van der Waals surface area (Å²) >= 11 is 1.36. The zero-order valence-corrected chi connectivity index (χ0v) is 24.4. The van der Waals surface area contributed by atoms with Crippen LogP contribution in [0.2, 0.25) is 0 Å². The van der Waals surface area contributed by atoms with Gasteiger partial charge < -0.3 is 20.0 Å². The largest absolute Gasteiger partial charge is 0.408 e. The topological polar surface area (TPSA) is 117 Å². The average Bonchev–Trinajstić information content (AvgIpc) is 3.30. The van der Waals surface area contributed by atoms with Crippen LogP contribution in [0.15, 0.2) is 27.8 Å². The van der Waals surface area contributed by atoms with E-state index in [-0.39, 0.29) is 28.9 Å². The minimum Gasteiger partial charge on any atom is -0.408 e. The van der Waals surface area contributed by atoms with Crippen molar-refractivity contribution < 1.29 is 23.2 Å². The van der Waals surface area contributed by atoms with Crippen molar-refractivity contribution in [2.24, 2.45) is 11.8 Å². The summed E-state index contributed by atoms with van der Waals surface area (Å²) in [5.41, 5.74) is 0.959. The van der Waals surface area contributed by atoms with Gasteiger partial charge in [-0.25, -0.2) is 4.39 Å². The van der Waals surface area contributed by atoms with E-state index in [0.717, 1.165) is 12.8 Å². The Labute approximate surface area is 234 Å². The fraction of sp³-hybridized carbons (Fsp3) is 0.607. The zero-order valence-electron chi connectivity index (χ0n) is 23.6. The third kappa shape index (κ3) is 8.86. The standard InChI is InChI=1S/C28H40FN5O4S/c1-16(2)13-23(24(35)27-32-33-28(38-27)39-17(3)4)31-26(37)21-9-7-8-10-22(21)30-25(36)20-12-11-19(29)14-18(20)15-34(5)6/h11-12,14,16-17,21-23H,7-10,13,15H2,1-6H3,(H,30,36)(H,31,37)/t21-,22+,23?/m1/s1. The molecular weight excluding hydrogens is 521 g/mol. The van der Waals surface area contributed by atoms with E-state index in [9.17, 15) is 18.8 Å². The van der Waals surface area contributed by atoms with E-state index < -0.39 is 29.6 Å². The number of nitrogens with zero attached hydrogens (tertiary/aromatic N) is 3. The van der Waals surface area contributed by atoms with E-state index in [1.54, 1.807) is 0 Å². The molecule has 2 amide bonds. The van der Waals surface area contributed by atoms with Crippen molar-refractivity contribution in [1.29, 1.82) is 0 Å². The molecule has 2 aromatic rings. The summed E-state index contributed by atoms with van der Waals surface area (Å²) in [5, 5.41) is 14.3. The molecule has 1 unspecified atom stereocenters. The summed E-state index contributed by atoms with van der Waals surface area (Å²) in [6.45, 7) is 8.31. The minimum atomic E-state index is -0.822. The van der Waals surface area contributed by atoms with Gasteiger partial charge >= 0.3 is 0 Å². The van der Waals surface area contributed by atoms with Crippen LogP contribution in [0.3, 0.4) is 0 Å². The first-order chi connectivity index (χ1) is 18.4. The van der Waals surface area contributed by atoms with E-state index in [2.05, 4.69) is 20.8 Å². The van der Waals surface area contributed by atoms with Gasteiger partial charge in [-0.1, -0.05) is 52.3 Å². The van der Waals surface area contributed by atoms with Gasteiger partial charge in [0, 0.05) is 23.4 Å². The van der Waals surface area contributed by atoms with Gasteiger partial charge in [-0.15, -0.1) is 10.2 Å². The number of Topliss-reactive ketones (excluding diaryl/α,β-unsaturated/α-hetero) is 1. The van der Waals surface area contributed by atoms with Crippen LogP contribution in [0.5, 0.6) is 0 Å². The molecule has 1 aliphatic rings. The number of benzene rings is 1. The van der Waals surface area contributed by atoms with Gasteiger partial charge in [0.05, 0.1) is 12.0 Å². The zero-order chi connectivity index (χ0) is 28.7. The Morgan fingerprint density at radius 3 is 2.51 bits per heavy atom. The van der Waals surface area contributed by atoms with Crippen molar-refractivity contribution in [2.75, 3.05) is 14.1 Å². The molecule has 3 atom stereocenters. The van der Waals surface area contributed by atoms with Crippen LogP contribution in [0, 0.1) is 17.7 Å². The summed E-state index contributed by atoms with van der Waals surface area (Å²) in [5.74, 6) is -1.95. The summed E-state index contributed by atoms with van der Waals surface area (Å²) in [6, 6.07) is 2.89. The Hall–Kier alpha value is -2.79. The highest BCUT2D eigenvalue weighted by Gasteiger charge is 2.36. The second-order valence-corrected chi connectivity index (χ2v) is 12.6. The maximum absolute atomic E-state index is 13.9. The molecule has 0 spiro atoms.